The van der Waals surface area contributed by atoms with Crippen LogP contribution in [-0.2, 0) is 0 Å². The summed E-state index contributed by atoms with van der Waals surface area (Å²) in [5.74, 6) is 0.303. The Kier molecular flexibility index (Phi) is 3.10. The topological polar surface area (TPSA) is 30.3 Å². The molecular formula is C14H23N3. The molecule has 17 heavy (non-hydrogen) atoms. The van der Waals surface area contributed by atoms with E-state index >= 15 is 0 Å². The largest absolute Gasteiger partial charge is 0.299 e. The summed E-state index contributed by atoms with van der Waals surface area (Å²) in [6.07, 6.45) is 7.69. The van der Waals surface area contributed by atoms with Gasteiger partial charge in [0.2, 0.25) is 0 Å². The molecule has 2 heterocycles. The van der Waals surface area contributed by atoms with Gasteiger partial charge in [0.1, 0.15) is 0 Å². The maximum atomic E-state index is 9.23. The van der Waals surface area contributed by atoms with Crippen LogP contribution in [0.1, 0.15) is 38.5 Å². The van der Waals surface area contributed by atoms with Gasteiger partial charge in [0.25, 0.3) is 0 Å². The standard InChI is InChI=1S/C14H23N3/c1-16-12-5-6-13(16)10-17(8-7-12)14-4-2-3-11(14)9-15/h11-14H,2-8,10H2,1H3. The van der Waals surface area contributed by atoms with Crippen LogP contribution in [0.3, 0.4) is 0 Å². The molecule has 0 spiro atoms. The lowest BCUT2D eigenvalue weighted by atomic mass is 10.0. The van der Waals surface area contributed by atoms with Crippen molar-refractivity contribution in [3.63, 3.8) is 0 Å². The van der Waals surface area contributed by atoms with Crippen molar-refractivity contribution in [2.45, 2.75) is 56.7 Å². The zero-order valence-corrected chi connectivity index (χ0v) is 10.8. The minimum absolute atomic E-state index is 0.303. The predicted molar refractivity (Wildman–Crippen MR) is 67.5 cm³/mol. The molecule has 0 N–H and O–H groups in total. The Bertz CT molecular complexity index is 322. The molecule has 2 aliphatic heterocycles. The Balaban J connectivity index is 1.71. The second kappa shape index (κ2) is 4.59. The Morgan fingerprint density at radius 2 is 1.88 bits per heavy atom. The van der Waals surface area contributed by atoms with Crippen LogP contribution in [0, 0.1) is 17.2 Å². The number of hydrogen-bond acceptors (Lipinski definition) is 3. The second-order valence-corrected chi connectivity index (χ2v) is 6.07. The molecule has 3 aliphatic rings. The molecule has 0 radical (unpaired) electrons. The van der Waals surface area contributed by atoms with Crippen molar-refractivity contribution in [1.29, 1.82) is 5.26 Å². The van der Waals surface area contributed by atoms with Gasteiger partial charge in [0, 0.05) is 31.2 Å². The molecule has 94 valence electrons. The van der Waals surface area contributed by atoms with Gasteiger partial charge in [-0.25, -0.2) is 0 Å². The van der Waals surface area contributed by atoms with Crippen molar-refractivity contribution < 1.29 is 0 Å². The third-order valence-corrected chi connectivity index (χ3v) is 5.29. The van der Waals surface area contributed by atoms with Gasteiger partial charge in [0.15, 0.2) is 0 Å². The molecule has 3 nitrogen and oxygen atoms in total. The van der Waals surface area contributed by atoms with Gasteiger partial charge in [-0.1, -0.05) is 6.42 Å². The van der Waals surface area contributed by atoms with Crippen LogP contribution < -0.4 is 0 Å². The molecule has 0 amide bonds. The molecule has 1 saturated carbocycles. The number of nitrogens with zero attached hydrogens (tertiary/aromatic N) is 3. The number of rotatable bonds is 1. The van der Waals surface area contributed by atoms with Crippen LogP contribution in [0.25, 0.3) is 0 Å². The van der Waals surface area contributed by atoms with Crippen LogP contribution >= 0.6 is 0 Å². The molecule has 0 aromatic carbocycles. The van der Waals surface area contributed by atoms with E-state index in [9.17, 15) is 5.26 Å². The van der Waals surface area contributed by atoms with E-state index in [0.717, 1.165) is 18.5 Å². The van der Waals surface area contributed by atoms with Gasteiger partial charge in [-0.3, -0.25) is 9.80 Å². The second-order valence-electron chi connectivity index (χ2n) is 6.07. The van der Waals surface area contributed by atoms with Gasteiger partial charge in [-0.15, -0.1) is 0 Å². The van der Waals surface area contributed by atoms with Crippen LogP contribution in [-0.4, -0.2) is 48.1 Å². The average molecular weight is 233 g/mol. The molecule has 3 heteroatoms. The van der Waals surface area contributed by atoms with Gasteiger partial charge in [0.05, 0.1) is 12.0 Å². The van der Waals surface area contributed by atoms with E-state index in [4.69, 9.17) is 0 Å². The number of nitriles is 1. The number of hydrogen-bond donors (Lipinski definition) is 0. The quantitative estimate of drug-likeness (QED) is 0.692. The third kappa shape index (κ3) is 1.98. The fourth-order valence-electron chi connectivity index (χ4n) is 4.16. The van der Waals surface area contributed by atoms with Crippen LogP contribution in [0.2, 0.25) is 0 Å². The average Bonchev–Trinajstić information content (AvgIpc) is 2.85. The van der Waals surface area contributed by atoms with Gasteiger partial charge >= 0.3 is 0 Å². The summed E-state index contributed by atoms with van der Waals surface area (Å²) in [6.45, 7) is 2.42. The van der Waals surface area contributed by atoms with Gasteiger partial charge in [-0.2, -0.15) is 5.26 Å². The van der Waals surface area contributed by atoms with E-state index in [0.29, 0.717) is 12.0 Å². The third-order valence-electron chi connectivity index (χ3n) is 5.29. The Morgan fingerprint density at radius 3 is 2.71 bits per heavy atom. The van der Waals surface area contributed by atoms with E-state index < -0.39 is 0 Å². The summed E-state index contributed by atoms with van der Waals surface area (Å²) >= 11 is 0. The van der Waals surface area contributed by atoms with E-state index in [-0.39, 0.29) is 0 Å². The van der Waals surface area contributed by atoms with Crippen LogP contribution in [0.15, 0.2) is 0 Å². The van der Waals surface area contributed by atoms with Crippen molar-refractivity contribution in [3.05, 3.63) is 0 Å². The van der Waals surface area contributed by atoms with E-state index in [1.807, 2.05) is 0 Å². The normalized spacial score (nSPS) is 43.5. The molecule has 3 rings (SSSR count). The van der Waals surface area contributed by atoms with Crippen molar-refractivity contribution in [2.75, 3.05) is 20.1 Å². The smallest absolute Gasteiger partial charge is 0.0672 e. The first-order chi connectivity index (χ1) is 8.29. The number of likely N-dealkylation sites (tertiary alicyclic amines) is 1. The molecule has 0 aromatic rings. The number of fused-ring (bicyclic) bond motifs is 2. The van der Waals surface area contributed by atoms with Crippen molar-refractivity contribution >= 4 is 0 Å². The van der Waals surface area contributed by atoms with Crippen molar-refractivity contribution in [1.82, 2.24) is 9.80 Å². The molecule has 4 atom stereocenters. The Morgan fingerprint density at radius 1 is 1.06 bits per heavy atom. The molecule has 1 aliphatic carbocycles. The Labute approximate surface area is 104 Å². The summed E-state index contributed by atoms with van der Waals surface area (Å²) in [6, 6.07) is 4.66. The highest BCUT2D eigenvalue weighted by Gasteiger charge is 2.39. The predicted octanol–water partition coefficient (Wildman–Crippen LogP) is 1.85. The fourth-order valence-corrected chi connectivity index (χ4v) is 4.16. The van der Waals surface area contributed by atoms with Gasteiger partial charge < -0.3 is 0 Å². The van der Waals surface area contributed by atoms with Crippen molar-refractivity contribution in [2.24, 2.45) is 5.92 Å². The first-order valence-electron chi connectivity index (χ1n) is 7.15. The molecule has 2 saturated heterocycles. The Hall–Kier alpha value is -0.590. The van der Waals surface area contributed by atoms with E-state index in [1.165, 1.54) is 45.2 Å². The first-order valence-corrected chi connectivity index (χ1v) is 7.15. The van der Waals surface area contributed by atoms with Crippen LogP contribution in [0.4, 0.5) is 0 Å². The maximum absolute atomic E-state index is 9.23. The minimum Gasteiger partial charge on any atom is -0.299 e. The molecule has 0 aromatic heterocycles. The molecule has 3 fully saturated rings. The first kappa shape index (κ1) is 11.5. The van der Waals surface area contributed by atoms with E-state index in [2.05, 4.69) is 22.9 Å². The lowest BCUT2D eigenvalue weighted by molar-refractivity contribution is 0.157. The molecular weight excluding hydrogens is 210 g/mol. The van der Waals surface area contributed by atoms with Crippen LogP contribution in [0.5, 0.6) is 0 Å². The summed E-state index contributed by atoms with van der Waals surface area (Å²) < 4.78 is 0. The highest BCUT2D eigenvalue weighted by Crippen LogP contribution is 2.34. The highest BCUT2D eigenvalue weighted by atomic mass is 15.3. The summed E-state index contributed by atoms with van der Waals surface area (Å²) in [7, 11) is 2.29. The fraction of sp³-hybridized carbons (Fsp3) is 0.929. The minimum atomic E-state index is 0.303. The lowest BCUT2D eigenvalue weighted by Crippen LogP contribution is -2.43. The number of likely N-dealkylation sites (N-methyl/N-ethyl adjacent to an activating group) is 1. The SMILES string of the molecule is CN1C2CCC1CN(C1CCCC1C#N)CC2. The zero-order valence-electron chi connectivity index (χ0n) is 10.8. The summed E-state index contributed by atoms with van der Waals surface area (Å²) in [4.78, 5) is 5.23. The summed E-state index contributed by atoms with van der Waals surface area (Å²) in [5.41, 5.74) is 0. The highest BCUT2D eigenvalue weighted by molar-refractivity contribution is 5.00. The maximum Gasteiger partial charge on any atom is 0.0672 e. The molecule has 4 unspecified atom stereocenters. The lowest BCUT2D eigenvalue weighted by Gasteiger charge is -2.32. The van der Waals surface area contributed by atoms with E-state index in [1.54, 1.807) is 0 Å². The zero-order chi connectivity index (χ0) is 11.8. The van der Waals surface area contributed by atoms with Gasteiger partial charge in [-0.05, 0) is 39.2 Å². The molecule has 2 bridgehead atoms. The van der Waals surface area contributed by atoms with Crippen molar-refractivity contribution in [3.8, 4) is 6.07 Å². The summed E-state index contributed by atoms with van der Waals surface area (Å²) in [5, 5.41) is 9.23. The monoisotopic (exact) mass is 233 g/mol.